The zero-order valence-corrected chi connectivity index (χ0v) is 16.4. The average Bonchev–Trinajstić information content (AvgIpc) is 2.89. The largest absolute Gasteiger partial charge is 0.413 e. The maximum absolute atomic E-state index is 6.43. The van der Waals surface area contributed by atoms with Gasteiger partial charge in [0.05, 0.1) is 24.2 Å². The lowest BCUT2D eigenvalue weighted by Gasteiger charge is -2.36. The third kappa shape index (κ3) is 3.84. The molecule has 0 unspecified atom stereocenters. The van der Waals surface area contributed by atoms with Gasteiger partial charge in [0.25, 0.3) is 0 Å². The van der Waals surface area contributed by atoms with Crippen LogP contribution in [0.1, 0.15) is 51.1 Å². The summed E-state index contributed by atoms with van der Waals surface area (Å²) in [6.45, 7) is 14.7. The number of hydrogen-bond acceptors (Lipinski definition) is 3. The van der Waals surface area contributed by atoms with Gasteiger partial charge in [-0.15, -0.1) is 0 Å². The number of nitrogens with two attached hydrogens (primary N) is 1. The van der Waals surface area contributed by atoms with E-state index in [0.717, 1.165) is 29.7 Å². The minimum absolute atomic E-state index is 0.223. The number of aryl methyl sites for hydroxylation is 1. The summed E-state index contributed by atoms with van der Waals surface area (Å²) < 4.78 is 6.43. The number of nitrogens with one attached hydrogen (secondary N) is 1. The fraction of sp³-hybridized carbons (Fsp3) is 0.611. The number of nitrogens with zero attached hydrogens (tertiary/aromatic N) is 1. The Balaban J connectivity index is 2.34. The fourth-order valence-electron chi connectivity index (χ4n) is 2.46. The third-order valence-electron chi connectivity index (χ3n) is 4.99. The van der Waals surface area contributed by atoms with Gasteiger partial charge >= 0.3 is 0 Å². The van der Waals surface area contributed by atoms with Gasteiger partial charge in [-0.1, -0.05) is 40.2 Å². The second-order valence-corrected chi connectivity index (χ2v) is 12.6. The van der Waals surface area contributed by atoms with Gasteiger partial charge in [0.15, 0.2) is 8.32 Å². The maximum Gasteiger partial charge on any atom is 0.192 e. The summed E-state index contributed by atoms with van der Waals surface area (Å²) in [6, 6.07) is 4.28. The Kier molecular flexibility index (Phi) is 5.33. The van der Waals surface area contributed by atoms with Crippen molar-refractivity contribution in [2.24, 2.45) is 5.73 Å². The second kappa shape index (κ2) is 6.75. The molecule has 0 aliphatic heterocycles. The number of rotatable bonds is 6. The first-order valence-corrected chi connectivity index (χ1v) is 11.4. The van der Waals surface area contributed by atoms with Gasteiger partial charge in [-0.2, -0.15) is 0 Å². The lowest BCUT2D eigenvalue weighted by molar-refractivity contribution is 0.275. The van der Waals surface area contributed by atoms with E-state index in [1.54, 1.807) is 0 Å². The van der Waals surface area contributed by atoms with Gasteiger partial charge in [0.2, 0.25) is 0 Å². The smallest absolute Gasteiger partial charge is 0.192 e. The van der Waals surface area contributed by atoms with Gasteiger partial charge in [0.1, 0.15) is 5.82 Å². The van der Waals surface area contributed by atoms with Crippen molar-refractivity contribution < 1.29 is 4.43 Å². The van der Waals surface area contributed by atoms with Crippen molar-refractivity contribution in [2.75, 3.05) is 0 Å². The summed E-state index contributed by atoms with van der Waals surface area (Å²) in [6.07, 6.45) is 2.11. The van der Waals surface area contributed by atoms with Gasteiger partial charge in [-0.25, -0.2) is 4.98 Å². The summed E-state index contributed by atoms with van der Waals surface area (Å²) in [7, 11) is -1.75. The number of H-pyrrole nitrogens is 1. The highest BCUT2D eigenvalue weighted by molar-refractivity contribution is 6.74. The molecule has 2 aromatic rings. The number of hydrogen-bond donors (Lipinski definition) is 2. The van der Waals surface area contributed by atoms with Crippen molar-refractivity contribution in [1.29, 1.82) is 0 Å². The number of aromatic nitrogens is 2. The van der Waals surface area contributed by atoms with Crippen LogP contribution < -0.4 is 5.73 Å². The molecule has 1 aromatic heterocycles. The van der Waals surface area contributed by atoms with Gasteiger partial charge < -0.3 is 15.1 Å². The standard InChI is InChI=1S/C18H31N3OSi/c1-7-8-14-13(12-22-23(5,6)18(2,3)4)9-10-15-17(14)21-16(11-19)20-15/h9-10H,7-8,11-12,19H2,1-6H3,(H,20,21). The maximum atomic E-state index is 6.43. The molecule has 23 heavy (non-hydrogen) atoms. The minimum Gasteiger partial charge on any atom is -0.413 e. The van der Waals surface area contributed by atoms with E-state index in [4.69, 9.17) is 10.2 Å². The van der Waals surface area contributed by atoms with Crippen LogP contribution >= 0.6 is 0 Å². The number of benzene rings is 1. The number of fused-ring (bicyclic) bond motifs is 1. The first-order chi connectivity index (χ1) is 10.7. The number of imidazole rings is 1. The molecule has 0 saturated heterocycles. The van der Waals surface area contributed by atoms with Crippen LogP contribution in [-0.4, -0.2) is 18.3 Å². The molecule has 0 aliphatic rings. The summed E-state index contributed by atoms with van der Waals surface area (Å²) >= 11 is 0. The summed E-state index contributed by atoms with van der Waals surface area (Å²) in [5, 5.41) is 0.223. The predicted octanol–water partition coefficient (Wildman–Crippen LogP) is 4.50. The highest BCUT2D eigenvalue weighted by Crippen LogP contribution is 2.37. The molecule has 0 atom stereocenters. The third-order valence-corrected chi connectivity index (χ3v) is 9.47. The molecule has 128 valence electrons. The Bertz CT molecular complexity index is 671. The van der Waals surface area contributed by atoms with E-state index in [1.165, 1.54) is 11.1 Å². The van der Waals surface area contributed by atoms with Crippen LogP contribution in [0.5, 0.6) is 0 Å². The van der Waals surface area contributed by atoms with Crippen molar-refractivity contribution in [3.05, 3.63) is 29.1 Å². The van der Waals surface area contributed by atoms with Gasteiger partial charge in [-0.05, 0) is 41.7 Å². The summed E-state index contributed by atoms with van der Waals surface area (Å²) in [5.41, 5.74) is 10.4. The van der Waals surface area contributed by atoms with Gasteiger partial charge in [-0.3, -0.25) is 0 Å². The van der Waals surface area contributed by atoms with Crippen LogP contribution in [0.15, 0.2) is 12.1 Å². The molecule has 0 radical (unpaired) electrons. The lowest BCUT2D eigenvalue weighted by Crippen LogP contribution is -2.40. The minimum atomic E-state index is -1.75. The van der Waals surface area contributed by atoms with Crippen LogP contribution in [0.3, 0.4) is 0 Å². The zero-order chi connectivity index (χ0) is 17.3. The monoisotopic (exact) mass is 333 g/mol. The summed E-state index contributed by atoms with van der Waals surface area (Å²) in [4.78, 5) is 7.98. The molecule has 4 nitrogen and oxygen atoms in total. The molecule has 0 saturated carbocycles. The predicted molar refractivity (Wildman–Crippen MR) is 100.0 cm³/mol. The van der Waals surface area contributed by atoms with E-state index < -0.39 is 8.32 Å². The Labute approximate surface area is 141 Å². The van der Waals surface area contributed by atoms with Crippen molar-refractivity contribution >= 4 is 19.4 Å². The first kappa shape index (κ1) is 18.2. The molecule has 0 fully saturated rings. The van der Waals surface area contributed by atoms with Crippen molar-refractivity contribution in [3.63, 3.8) is 0 Å². The molecule has 1 aromatic carbocycles. The fourth-order valence-corrected chi connectivity index (χ4v) is 3.41. The SMILES string of the molecule is CCCc1c(CO[Si](C)(C)C(C)(C)C)ccc2[nH]c(CN)nc12. The quantitative estimate of drug-likeness (QED) is 0.765. The topological polar surface area (TPSA) is 63.9 Å². The Morgan fingerprint density at radius 1 is 1.26 bits per heavy atom. The molecule has 3 N–H and O–H groups in total. The zero-order valence-electron chi connectivity index (χ0n) is 15.4. The van der Waals surface area contributed by atoms with E-state index in [-0.39, 0.29) is 5.04 Å². The van der Waals surface area contributed by atoms with E-state index in [0.29, 0.717) is 13.2 Å². The Morgan fingerprint density at radius 3 is 2.52 bits per heavy atom. The Hall–Kier alpha value is -1.17. The number of aromatic amines is 1. The van der Waals surface area contributed by atoms with E-state index in [2.05, 4.69) is 62.9 Å². The van der Waals surface area contributed by atoms with Crippen molar-refractivity contribution in [2.45, 2.75) is 71.8 Å². The van der Waals surface area contributed by atoms with E-state index >= 15 is 0 Å². The van der Waals surface area contributed by atoms with Crippen LogP contribution in [0.4, 0.5) is 0 Å². The van der Waals surface area contributed by atoms with Gasteiger partial charge in [0, 0.05) is 0 Å². The van der Waals surface area contributed by atoms with Crippen molar-refractivity contribution in [1.82, 2.24) is 9.97 Å². The normalized spacial score (nSPS) is 13.0. The molecule has 5 heteroatoms. The Morgan fingerprint density at radius 2 is 1.96 bits per heavy atom. The molecule has 2 rings (SSSR count). The van der Waals surface area contributed by atoms with Crippen molar-refractivity contribution in [3.8, 4) is 0 Å². The molecular weight excluding hydrogens is 302 g/mol. The first-order valence-electron chi connectivity index (χ1n) is 8.53. The van der Waals surface area contributed by atoms with Crippen LogP contribution in [-0.2, 0) is 24.0 Å². The molecule has 0 amide bonds. The van der Waals surface area contributed by atoms with E-state index in [1.807, 2.05) is 0 Å². The highest BCUT2D eigenvalue weighted by Gasteiger charge is 2.37. The second-order valence-electron chi connectivity index (χ2n) is 7.79. The molecule has 0 spiro atoms. The average molecular weight is 334 g/mol. The molecule has 0 aliphatic carbocycles. The highest BCUT2D eigenvalue weighted by atomic mass is 28.4. The van der Waals surface area contributed by atoms with E-state index in [9.17, 15) is 0 Å². The van der Waals surface area contributed by atoms with Crippen LogP contribution in [0, 0.1) is 0 Å². The molecule has 0 bridgehead atoms. The lowest BCUT2D eigenvalue weighted by atomic mass is 10.0. The van der Waals surface area contributed by atoms with Crippen LogP contribution in [0.25, 0.3) is 11.0 Å². The molecule has 1 heterocycles. The summed E-state index contributed by atoms with van der Waals surface area (Å²) in [5.74, 6) is 0.847. The van der Waals surface area contributed by atoms with Crippen LogP contribution in [0.2, 0.25) is 18.1 Å². The molecular formula is C18H31N3OSi.